The lowest BCUT2D eigenvalue weighted by atomic mass is 9.97. The van der Waals surface area contributed by atoms with Crippen molar-refractivity contribution < 1.29 is 23.6 Å². The Labute approximate surface area is 564 Å². The van der Waals surface area contributed by atoms with E-state index in [1.54, 1.807) is 46.1 Å². The van der Waals surface area contributed by atoms with Crippen LogP contribution in [0, 0.1) is 18.3 Å². The first-order valence-electron chi connectivity index (χ1n) is 31.7. The van der Waals surface area contributed by atoms with Crippen LogP contribution in [0.4, 0.5) is 17.5 Å². The number of benzene rings is 6. The number of anilines is 3. The molecule has 0 N–H and O–H groups in total. The van der Waals surface area contributed by atoms with Gasteiger partial charge in [-0.15, -0.1) is 0 Å². The summed E-state index contributed by atoms with van der Waals surface area (Å²) in [5.41, 5.74) is 15.0. The largest absolute Gasteiger partial charge is 0.379 e. The SMILES string of the molecule is C.C.C.CC(C)c1ccccc1-c1ncc2c(n1)N(Cc1ccc(C#N)cc1)C(=O)C2.CC(C)c1ccccc1-c1ncc2c(n1)N(Cc1ccc(CN3CCOCC3)cc1)C(=O)C2.Cc1nc(-c2ccc(CN3C(=O)Cc4cnc(-c5ccccc5C(C)C)nc43)cc2)no1. The van der Waals surface area contributed by atoms with Gasteiger partial charge in [0.25, 0.3) is 0 Å². The molecular formula is C78H85N13O5. The number of carbonyl (C=O) groups excluding carboxylic acids is 3. The minimum atomic E-state index is 0. The van der Waals surface area contributed by atoms with Crippen molar-refractivity contribution in [2.45, 2.75) is 134 Å². The molecule has 1 saturated heterocycles. The minimum absolute atomic E-state index is 0. The summed E-state index contributed by atoms with van der Waals surface area (Å²) in [7, 11) is 0. The molecule has 4 aliphatic rings. The summed E-state index contributed by atoms with van der Waals surface area (Å²) >= 11 is 0. The van der Waals surface area contributed by atoms with Crippen molar-refractivity contribution in [3.63, 3.8) is 0 Å². The van der Waals surface area contributed by atoms with Crippen LogP contribution in [-0.4, -0.2) is 89.0 Å². The van der Waals surface area contributed by atoms with Crippen molar-refractivity contribution in [1.82, 2.24) is 44.9 Å². The smallest absolute Gasteiger partial charge is 0.233 e. The third kappa shape index (κ3) is 15.7. The van der Waals surface area contributed by atoms with Crippen LogP contribution in [0.1, 0.15) is 149 Å². The number of ether oxygens (including phenoxy) is 1. The van der Waals surface area contributed by atoms with E-state index in [9.17, 15) is 14.4 Å². The number of carbonyl (C=O) groups is 3. The fourth-order valence-electron chi connectivity index (χ4n) is 12.1. The number of morpholine rings is 1. The maximum atomic E-state index is 12.8. The molecule has 6 aromatic carbocycles. The van der Waals surface area contributed by atoms with Crippen molar-refractivity contribution >= 4 is 35.2 Å². The third-order valence-electron chi connectivity index (χ3n) is 17.1. The summed E-state index contributed by atoms with van der Waals surface area (Å²) in [6.07, 6.45) is 6.37. The monoisotopic (exact) mass is 1280 g/mol. The van der Waals surface area contributed by atoms with Crippen LogP contribution in [0.3, 0.4) is 0 Å². The normalized spacial score (nSPS) is 13.8. The van der Waals surface area contributed by atoms with E-state index in [0.717, 1.165) is 94.3 Å². The van der Waals surface area contributed by atoms with Crippen molar-refractivity contribution in [3.05, 3.63) is 231 Å². The van der Waals surface area contributed by atoms with Gasteiger partial charge >= 0.3 is 0 Å². The number of nitriles is 1. The van der Waals surface area contributed by atoms with Gasteiger partial charge in [-0.25, -0.2) is 29.9 Å². The first kappa shape index (κ1) is 69.9. The molecule has 0 atom stereocenters. The summed E-state index contributed by atoms with van der Waals surface area (Å²) in [6.45, 7) is 20.6. The maximum absolute atomic E-state index is 12.8. The summed E-state index contributed by atoms with van der Waals surface area (Å²) in [6, 6.07) is 50.3. The van der Waals surface area contributed by atoms with Gasteiger partial charge in [-0.2, -0.15) is 10.2 Å². The zero-order valence-corrected chi connectivity index (χ0v) is 53.5. The van der Waals surface area contributed by atoms with Crippen LogP contribution in [-0.2, 0) is 64.6 Å². The summed E-state index contributed by atoms with van der Waals surface area (Å²) in [4.78, 5) is 78.3. The molecule has 0 unspecified atom stereocenters. The Morgan fingerprint density at radius 2 is 0.792 bits per heavy atom. The van der Waals surface area contributed by atoms with Crippen molar-refractivity contribution in [3.8, 4) is 51.6 Å². The lowest BCUT2D eigenvalue weighted by molar-refractivity contribution is -0.118. The Morgan fingerprint density at radius 1 is 0.448 bits per heavy atom. The highest BCUT2D eigenvalue weighted by atomic mass is 16.5. The van der Waals surface area contributed by atoms with Crippen molar-refractivity contribution in [2.75, 3.05) is 41.0 Å². The highest BCUT2D eigenvalue weighted by Crippen LogP contribution is 2.37. The molecule has 4 aliphatic heterocycles. The van der Waals surface area contributed by atoms with Crippen LogP contribution in [0.2, 0.25) is 0 Å². The first-order chi connectivity index (χ1) is 45.1. The molecule has 96 heavy (non-hydrogen) atoms. The van der Waals surface area contributed by atoms with Crippen molar-refractivity contribution in [2.24, 2.45) is 0 Å². The molecule has 3 amide bonds. The van der Waals surface area contributed by atoms with Crippen LogP contribution < -0.4 is 14.7 Å². The fourth-order valence-corrected chi connectivity index (χ4v) is 12.1. The molecular weight excluding hydrogens is 1200 g/mol. The molecule has 492 valence electrons. The Balaban J connectivity index is 0.000000167. The second-order valence-corrected chi connectivity index (χ2v) is 24.7. The highest BCUT2D eigenvalue weighted by Gasteiger charge is 2.33. The van der Waals surface area contributed by atoms with Crippen LogP contribution >= 0.6 is 0 Å². The average molecular weight is 1280 g/mol. The van der Waals surface area contributed by atoms with Gasteiger partial charge in [-0.1, -0.05) is 202 Å². The van der Waals surface area contributed by atoms with Crippen molar-refractivity contribution in [1.29, 1.82) is 5.26 Å². The lowest BCUT2D eigenvalue weighted by Crippen LogP contribution is -2.35. The van der Waals surface area contributed by atoms with E-state index in [4.69, 9.17) is 29.5 Å². The Bertz CT molecular complexity index is 4400. The van der Waals surface area contributed by atoms with Gasteiger partial charge in [-0.05, 0) is 68.8 Å². The molecule has 0 saturated carbocycles. The molecule has 0 bridgehead atoms. The second kappa shape index (κ2) is 31.2. The summed E-state index contributed by atoms with van der Waals surface area (Å²) < 4.78 is 10.5. The maximum Gasteiger partial charge on any atom is 0.233 e. The number of nitrogens with zero attached hydrogens (tertiary/aromatic N) is 13. The number of aryl methyl sites for hydroxylation is 1. The molecule has 4 aromatic heterocycles. The quantitative estimate of drug-likeness (QED) is 0.0933. The van der Waals surface area contributed by atoms with E-state index in [-0.39, 0.29) is 40.0 Å². The van der Waals surface area contributed by atoms with Gasteiger partial charge in [0.05, 0.1) is 63.7 Å². The number of hydrogen-bond acceptors (Lipinski definition) is 15. The molecule has 14 rings (SSSR count). The van der Waals surface area contributed by atoms with Gasteiger partial charge in [-0.3, -0.25) is 34.0 Å². The first-order valence-corrected chi connectivity index (χ1v) is 31.7. The number of hydrogen-bond donors (Lipinski definition) is 0. The van der Waals surface area contributed by atoms with Crippen LogP contribution in [0.15, 0.2) is 169 Å². The van der Waals surface area contributed by atoms with Crippen LogP contribution in [0.5, 0.6) is 0 Å². The highest BCUT2D eigenvalue weighted by molar-refractivity contribution is 6.02. The van der Waals surface area contributed by atoms with Gasteiger partial charge in [0.15, 0.2) is 17.5 Å². The number of rotatable bonds is 15. The second-order valence-electron chi connectivity index (χ2n) is 24.7. The molecule has 0 radical (unpaired) electrons. The predicted molar refractivity (Wildman–Crippen MR) is 378 cm³/mol. The molecule has 0 aliphatic carbocycles. The van der Waals surface area contributed by atoms with Gasteiger partial charge in [0.2, 0.25) is 29.4 Å². The van der Waals surface area contributed by atoms with E-state index in [1.807, 2.05) is 91.1 Å². The van der Waals surface area contributed by atoms with Crippen LogP contribution in [0.25, 0.3) is 45.6 Å². The van der Waals surface area contributed by atoms with Gasteiger partial charge in [0.1, 0.15) is 17.5 Å². The van der Waals surface area contributed by atoms with Gasteiger partial charge in [0, 0.05) is 84.1 Å². The predicted octanol–water partition coefficient (Wildman–Crippen LogP) is 15.0. The topological polar surface area (TPSA) is 213 Å². The van der Waals surface area contributed by atoms with Gasteiger partial charge < -0.3 is 9.26 Å². The number of fused-ring (bicyclic) bond motifs is 3. The van der Waals surface area contributed by atoms with E-state index in [0.29, 0.717) is 103 Å². The fraction of sp³-hybridized carbons (Fsp3) is 0.308. The zero-order valence-electron chi connectivity index (χ0n) is 53.5. The summed E-state index contributed by atoms with van der Waals surface area (Å²) in [5, 5.41) is 12.9. The number of amides is 3. The Hall–Kier alpha value is -10.5. The van der Waals surface area contributed by atoms with E-state index in [1.165, 1.54) is 22.3 Å². The lowest BCUT2D eigenvalue weighted by Gasteiger charge is -2.26. The molecule has 18 heteroatoms. The van der Waals surface area contributed by atoms with E-state index >= 15 is 0 Å². The Kier molecular flexibility index (Phi) is 22.7. The van der Waals surface area contributed by atoms with E-state index < -0.39 is 0 Å². The molecule has 0 spiro atoms. The standard InChI is InChI=1S/C27H30N4O2.C25H23N5O2.C23H20N4O.3CH4/c1-19(2)23-5-3-4-6-24(23)26-28-16-22-15-25(32)31(27(22)29-26)18-21-9-7-20(8-10-21)17-30-11-13-33-14-12-30;1-15(2)20-6-4-5-7-21(20)24-26-13-19-12-22(31)30(25(19)28-24)14-17-8-10-18(11-9-17)23-27-16(3)32-29-23;1-15(2)19-5-3-4-6-20(19)22-25-13-18-11-21(28)27(23(18)26-22)14-17-9-7-16(12-24)8-10-17;;;/h3-10,16,19H,11-15,17-18H2,1-2H3;4-11,13,15H,12,14H2,1-3H3;3-10,13,15H,11,14H2,1-2H3;3*1H4. The minimum Gasteiger partial charge on any atom is -0.379 e. The van der Waals surface area contributed by atoms with E-state index in [2.05, 4.69) is 126 Å². The summed E-state index contributed by atoms with van der Waals surface area (Å²) in [5.74, 6) is 6.34. The Morgan fingerprint density at radius 3 is 1.14 bits per heavy atom. The number of aromatic nitrogens is 8. The third-order valence-corrected chi connectivity index (χ3v) is 17.1. The molecule has 18 nitrogen and oxygen atoms in total. The molecule has 8 heterocycles. The molecule has 1 fully saturated rings. The zero-order chi connectivity index (χ0) is 64.7. The molecule has 10 aromatic rings. The average Bonchev–Trinajstić information content (AvgIpc) is 1.61.